The molecule has 3 nitrogen and oxygen atoms in total. The van der Waals surface area contributed by atoms with Crippen molar-refractivity contribution in [2.24, 2.45) is 16.6 Å². The van der Waals surface area contributed by atoms with E-state index in [1.165, 1.54) is 12.1 Å². The lowest BCUT2D eigenvalue weighted by atomic mass is 9.84. The molecule has 0 radical (unpaired) electrons. The maximum absolute atomic E-state index is 13.3. The third-order valence-electron chi connectivity index (χ3n) is 3.88. The highest BCUT2D eigenvalue weighted by Crippen LogP contribution is 2.28. The van der Waals surface area contributed by atoms with Gasteiger partial charge in [-0.3, -0.25) is 9.79 Å². The van der Waals surface area contributed by atoms with Crippen LogP contribution >= 0.6 is 0 Å². The van der Waals surface area contributed by atoms with E-state index in [9.17, 15) is 13.6 Å². The van der Waals surface area contributed by atoms with Crippen molar-refractivity contribution >= 4 is 11.6 Å². The van der Waals surface area contributed by atoms with E-state index in [4.69, 9.17) is 5.73 Å². The molecule has 1 aromatic rings. The molecule has 2 rings (SSSR count). The van der Waals surface area contributed by atoms with Gasteiger partial charge in [0.2, 0.25) is 0 Å². The van der Waals surface area contributed by atoms with E-state index in [1.807, 2.05) is 13.8 Å². The second-order valence-corrected chi connectivity index (χ2v) is 6.77. The predicted octanol–water partition coefficient (Wildman–Crippen LogP) is 3.57. The van der Waals surface area contributed by atoms with Crippen LogP contribution in [0.3, 0.4) is 0 Å². The third-order valence-corrected chi connectivity index (χ3v) is 3.88. The monoisotopic (exact) mass is 320 g/mol. The second kappa shape index (κ2) is 6.60. The van der Waals surface area contributed by atoms with Crippen molar-refractivity contribution in [3.05, 3.63) is 47.0 Å². The number of nitrogens with zero attached hydrogens (tertiary/aromatic N) is 1. The zero-order chi connectivity index (χ0) is 17.2. The van der Waals surface area contributed by atoms with Crippen LogP contribution in [-0.2, 0) is 11.2 Å². The molecule has 1 aliphatic heterocycles. The molecule has 124 valence electrons. The number of benzene rings is 1. The number of hydrogen-bond acceptors (Lipinski definition) is 3. The lowest BCUT2D eigenvalue weighted by Crippen LogP contribution is -2.36. The number of carbonyl (C=O) groups excluding carboxylic acids is 1. The Kier molecular flexibility index (Phi) is 4.97. The van der Waals surface area contributed by atoms with E-state index in [1.54, 1.807) is 13.0 Å². The van der Waals surface area contributed by atoms with E-state index < -0.39 is 17.2 Å². The van der Waals surface area contributed by atoms with Gasteiger partial charge in [-0.15, -0.1) is 0 Å². The van der Waals surface area contributed by atoms with Crippen molar-refractivity contribution in [1.82, 2.24) is 0 Å². The highest BCUT2D eigenvalue weighted by molar-refractivity contribution is 6.00. The highest BCUT2D eigenvalue weighted by Gasteiger charge is 2.35. The first kappa shape index (κ1) is 17.3. The molecule has 1 atom stereocenters. The number of amidine groups is 1. The predicted molar refractivity (Wildman–Crippen MR) is 87.3 cm³/mol. The molecule has 0 amide bonds. The normalized spacial score (nSPS) is 21.9. The number of halogens is 2. The average Bonchev–Trinajstić information content (AvgIpc) is 2.44. The summed E-state index contributed by atoms with van der Waals surface area (Å²) in [5.74, 6) is -0.696. The number of hydrogen-bond donors (Lipinski definition) is 1. The van der Waals surface area contributed by atoms with Gasteiger partial charge >= 0.3 is 0 Å². The van der Waals surface area contributed by atoms with Crippen molar-refractivity contribution in [2.75, 3.05) is 0 Å². The first-order chi connectivity index (χ1) is 10.7. The summed E-state index contributed by atoms with van der Waals surface area (Å²) in [5, 5.41) is 0. The average molecular weight is 320 g/mol. The first-order valence-corrected chi connectivity index (χ1v) is 7.71. The zero-order valence-corrected chi connectivity index (χ0v) is 13.7. The van der Waals surface area contributed by atoms with Gasteiger partial charge in [0.15, 0.2) is 5.78 Å². The number of allylic oxidation sites excluding steroid dienone is 1. The van der Waals surface area contributed by atoms with Gasteiger partial charge in [0.05, 0.1) is 0 Å². The minimum Gasteiger partial charge on any atom is -0.384 e. The van der Waals surface area contributed by atoms with Crippen LogP contribution in [0.15, 0.2) is 34.8 Å². The van der Waals surface area contributed by atoms with Crippen molar-refractivity contribution in [3.8, 4) is 0 Å². The Hall–Kier alpha value is -2.04. The fourth-order valence-corrected chi connectivity index (χ4v) is 3.08. The maximum atomic E-state index is 13.3. The number of Topliss-reactive ketones (excluding diaryl/α,β-unsaturated/α-hetero) is 1. The molecular formula is C18H22F2N2O. The minimum absolute atomic E-state index is 0.0187. The van der Waals surface area contributed by atoms with Crippen LogP contribution in [0.1, 0.15) is 39.2 Å². The molecule has 0 fully saturated rings. The summed E-state index contributed by atoms with van der Waals surface area (Å²) in [4.78, 5) is 17.0. The van der Waals surface area contributed by atoms with Gasteiger partial charge in [0.1, 0.15) is 23.0 Å². The summed E-state index contributed by atoms with van der Waals surface area (Å²) >= 11 is 0. The molecule has 0 saturated heterocycles. The zero-order valence-electron chi connectivity index (χ0n) is 13.7. The van der Waals surface area contributed by atoms with Gasteiger partial charge in [0.25, 0.3) is 0 Å². The molecule has 2 N–H and O–H groups in total. The van der Waals surface area contributed by atoms with Gasteiger partial charge in [-0.05, 0) is 49.5 Å². The summed E-state index contributed by atoms with van der Waals surface area (Å²) in [7, 11) is 0. The van der Waals surface area contributed by atoms with Gasteiger partial charge in [-0.25, -0.2) is 8.78 Å². The molecule has 1 aromatic carbocycles. The second-order valence-electron chi connectivity index (χ2n) is 6.77. The van der Waals surface area contributed by atoms with Crippen LogP contribution < -0.4 is 5.73 Å². The van der Waals surface area contributed by atoms with Crippen LogP contribution in [0.4, 0.5) is 8.78 Å². The van der Waals surface area contributed by atoms with Gasteiger partial charge < -0.3 is 5.73 Å². The van der Waals surface area contributed by atoms with E-state index in [0.717, 1.165) is 6.07 Å². The smallest absolute Gasteiger partial charge is 0.164 e. The van der Waals surface area contributed by atoms with Crippen LogP contribution in [0.5, 0.6) is 0 Å². The molecule has 0 aromatic heterocycles. The standard InChI is InChI=1S/C18H22F2N2O/c1-11(2)10-18(3)16(23)7-13(8-17(21)22-18)4-12-5-14(19)9-15(20)6-12/h5-6,8-9,11H,4,7,10H2,1-3H3,(H2,21,22). The van der Waals surface area contributed by atoms with Crippen molar-refractivity contribution in [2.45, 2.75) is 45.6 Å². The molecule has 23 heavy (non-hydrogen) atoms. The summed E-state index contributed by atoms with van der Waals surface area (Å²) in [6.07, 6.45) is 2.72. The molecule has 0 aliphatic carbocycles. The molecular weight excluding hydrogens is 298 g/mol. The Labute approximate surface area is 135 Å². The number of aliphatic imine (C=N–C) groups is 1. The molecule has 1 heterocycles. The van der Waals surface area contributed by atoms with E-state index in [-0.39, 0.29) is 24.5 Å². The van der Waals surface area contributed by atoms with E-state index in [0.29, 0.717) is 23.5 Å². The van der Waals surface area contributed by atoms with Crippen LogP contribution in [-0.4, -0.2) is 17.2 Å². The fourth-order valence-electron chi connectivity index (χ4n) is 3.08. The highest BCUT2D eigenvalue weighted by atomic mass is 19.1. The number of rotatable bonds is 4. The molecule has 0 bridgehead atoms. The Morgan fingerprint density at radius 2 is 1.87 bits per heavy atom. The first-order valence-electron chi connectivity index (χ1n) is 7.71. The van der Waals surface area contributed by atoms with E-state index >= 15 is 0 Å². The van der Waals surface area contributed by atoms with E-state index in [2.05, 4.69) is 4.99 Å². The topological polar surface area (TPSA) is 55.4 Å². The van der Waals surface area contributed by atoms with Gasteiger partial charge in [-0.1, -0.05) is 19.4 Å². The lowest BCUT2D eigenvalue weighted by Gasteiger charge is -2.25. The van der Waals surface area contributed by atoms with Crippen LogP contribution in [0, 0.1) is 17.6 Å². The molecule has 0 saturated carbocycles. The van der Waals surface area contributed by atoms with Crippen LogP contribution in [0.25, 0.3) is 0 Å². The summed E-state index contributed by atoms with van der Waals surface area (Å²) in [6.45, 7) is 5.85. The summed E-state index contributed by atoms with van der Waals surface area (Å²) in [5.41, 5.74) is 6.27. The molecule has 1 unspecified atom stereocenters. The Bertz CT molecular complexity index is 659. The third kappa shape index (κ3) is 4.47. The molecule has 0 spiro atoms. The van der Waals surface area contributed by atoms with Gasteiger partial charge in [-0.2, -0.15) is 0 Å². The Balaban J connectivity index is 2.24. The maximum Gasteiger partial charge on any atom is 0.164 e. The quantitative estimate of drug-likeness (QED) is 0.922. The fraction of sp³-hybridized carbons (Fsp3) is 0.444. The molecule has 1 aliphatic rings. The summed E-state index contributed by atoms with van der Waals surface area (Å²) in [6, 6.07) is 3.35. The van der Waals surface area contributed by atoms with Crippen molar-refractivity contribution < 1.29 is 13.6 Å². The van der Waals surface area contributed by atoms with Crippen LogP contribution in [0.2, 0.25) is 0 Å². The van der Waals surface area contributed by atoms with Crippen molar-refractivity contribution in [3.63, 3.8) is 0 Å². The lowest BCUT2D eigenvalue weighted by molar-refractivity contribution is -0.123. The number of carbonyl (C=O) groups is 1. The Morgan fingerprint density at radius 1 is 1.26 bits per heavy atom. The Morgan fingerprint density at radius 3 is 2.43 bits per heavy atom. The van der Waals surface area contributed by atoms with Gasteiger partial charge in [0, 0.05) is 12.5 Å². The minimum atomic E-state index is -0.844. The molecule has 5 heteroatoms. The SMILES string of the molecule is CC(C)CC1(C)N=C(N)C=C(Cc2cc(F)cc(F)c2)CC1=O. The van der Waals surface area contributed by atoms with Crippen molar-refractivity contribution in [1.29, 1.82) is 0 Å². The number of ketones is 1. The largest absolute Gasteiger partial charge is 0.384 e. The number of nitrogens with two attached hydrogens (primary N) is 1. The summed E-state index contributed by atoms with van der Waals surface area (Å²) < 4.78 is 26.6.